The molecule has 3 saturated carbocycles. The predicted molar refractivity (Wildman–Crippen MR) is 124 cm³/mol. The van der Waals surface area contributed by atoms with Crippen molar-refractivity contribution in [3.63, 3.8) is 0 Å². The molecule has 2 N–H and O–H groups in total. The molecule has 1 saturated heterocycles. The van der Waals surface area contributed by atoms with Gasteiger partial charge in [0, 0.05) is 23.7 Å². The van der Waals surface area contributed by atoms with Crippen molar-refractivity contribution in [2.75, 3.05) is 6.61 Å². The van der Waals surface area contributed by atoms with Crippen LogP contribution >= 0.6 is 0 Å². The molecule has 1 aliphatic heterocycles. The third-order valence-electron chi connectivity index (χ3n) is 9.65. The summed E-state index contributed by atoms with van der Waals surface area (Å²) in [5.74, 6) is -1.42. The van der Waals surface area contributed by atoms with E-state index in [1.807, 2.05) is 26.8 Å². The number of ketones is 2. The topological polar surface area (TPSA) is 119 Å². The lowest BCUT2D eigenvalue weighted by molar-refractivity contribution is -0.204. The van der Waals surface area contributed by atoms with E-state index in [9.17, 15) is 24.6 Å². The smallest absolute Gasteiger partial charge is 0.303 e. The van der Waals surface area contributed by atoms with Gasteiger partial charge in [-0.3, -0.25) is 14.4 Å². The summed E-state index contributed by atoms with van der Waals surface area (Å²) in [5, 5.41) is 22.8. The maximum atomic E-state index is 13.8. The zero-order valence-electron chi connectivity index (χ0n) is 20.9. The Morgan fingerprint density at radius 2 is 1.97 bits per heavy atom. The summed E-state index contributed by atoms with van der Waals surface area (Å²) in [6.45, 7) is 6.85. The quantitative estimate of drug-likeness (QED) is 0.566. The largest absolute Gasteiger partial charge is 0.458 e. The van der Waals surface area contributed by atoms with Crippen LogP contribution in [-0.4, -0.2) is 64.6 Å². The van der Waals surface area contributed by atoms with Gasteiger partial charge in [0.05, 0.1) is 18.3 Å². The van der Waals surface area contributed by atoms with Crippen LogP contribution in [-0.2, 0) is 28.6 Å². The third kappa shape index (κ3) is 3.36. The van der Waals surface area contributed by atoms with Gasteiger partial charge < -0.3 is 24.4 Å². The van der Waals surface area contributed by atoms with Crippen LogP contribution in [0.5, 0.6) is 0 Å². The van der Waals surface area contributed by atoms with Crippen LogP contribution < -0.4 is 0 Å². The van der Waals surface area contributed by atoms with Gasteiger partial charge in [-0.2, -0.15) is 0 Å². The van der Waals surface area contributed by atoms with Gasteiger partial charge in [0.2, 0.25) is 5.78 Å². The first-order valence-corrected chi connectivity index (χ1v) is 12.8. The molecule has 0 aromatic heterocycles. The fourth-order valence-electron chi connectivity index (χ4n) is 8.34. The lowest BCUT2D eigenvalue weighted by Gasteiger charge is -2.60. The van der Waals surface area contributed by atoms with Gasteiger partial charge in [-0.1, -0.05) is 33.3 Å². The Balaban J connectivity index is 1.55. The summed E-state index contributed by atoms with van der Waals surface area (Å²) in [4.78, 5) is 37.3. The normalized spacial score (nSPS) is 47.9. The second kappa shape index (κ2) is 8.33. The van der Waals surface area contributed by atoms with Crippen molar-refractivity contribution < 1.29 is 38.8 Å². The summed E-state index contributed by atoms with van der Waals surface area (Å²) in [7, 11) is 0. The number of carbonyl (C=O) groups is 3. The van der Waals surface area contributed by atoms with E-state index in [0.717, 1.165) is 6.42 Å². The van der Waals surface area contributed by atoms with Gasteiger partial charge in [0.1, 0.15) is 0 Å². The van der Waals surface area contributed by atoms with Crippen LogP contribution in [0.3, 0.4) is 0 Å². The monoisotopic (exact) mass is 488 g/mol. The van der Waals surface area contributed by atoms with Gasteiger partial charge in [0.15, 0.2) is 24.3 Å². The molecular weight excluding hydrogens is 452 g/mol. The minimum Gasteiger partial charge on any atom is -0.458 e. The van der Waals surface area contributed by atoms with E-state index in [-0.39, 0.29) is 29.3 Å². The third-order valence-corrected chi connectivity index (χ3v) is 9.65. The number of aliphatic hydroxyl groups excluding tert-OH is 2. The van der Waals surface area contributed by atoms with E-state index >= 15 is 0 Å². The van der Waals surface area contributed by atoms with Crippen LogP contribution in [0, 0.1) is 28.6 Å². The van der Waals surface area contributed by atoms with E-state index in [0.29, 0.717) is 31.3 Å². The van der Waals surface area contributed by atoms with E-state index in [2.05, 4.69) is 0 Å². The Bertz CT molecular complexity index is 1000. The summed E-state index contributed by atoms with van der Waals surface area (Å²) in [6, 6.07) is 0. The number of hydrogen-bond donors (Lipinski definition) is 2. The molecule has 8 nitrogen and oxygen atoms in total. The summed E-state index contributed by atoms with van der Waals surface area (Å²) in [6.07, 6.45) is 4.93. The van der Waals surface area contributed by atoms with E-state index in [1.165, 1.54) is 19.1 Å². The molecule has 10 unspecified atom stereocenters. The van der Waals surface area contributed by atoms with Crippen molar-refractivity contribution in [2.24, 2.45) is 28.6 Å². The van der Waals surface area contributed by atoms with Crippen LogP contribution in [0.25, 0.3) is 0 Å². The highest BCUT2D eigenvalue weighted by Gasteiger charge is 2.76. The molecule has 8 heteroatoms. The zero-order chi connectivity index (χ0) is 25.3. The van der Waals surface area contributed by atoms with Crippen molar-refractivity contribution in [2.45, 2.75) is 90.0 Å². The van der Waals surface area contributed by atoms with E-state index < -0.39 is 53.6 Å². The predicted octanol–water partition coefficient (Wildman–Crippen LogP) is 2.26. The fourth-order valence-corrected chi connectivity index (χ4v) is 8.34. The summed E-state index contributed by atoms with van der Waals surface area (Å²) >= 11 is 0. The summed E-state index contributed by atoms with van der Waals surface area (Å²) < 4.78 is 17.9. The molecular formula is C27H36O8. The minimum atomic E-state index is -1.33. The fraction of sp³-hybridized carbons (Fsp3) is 0.741. The van der Waals surface area contributed by atoms with Crippen LogP contribution in [0.15, 0.2) is 23.8 Å². The molecule has 10 atom stereocenters. The molecule has 0 radical (unpaired) electrons. The Morgan fingerprint density at radius 1 is 1.23 bits per heavy atom. The molecule has 0 aromatic carbocycles. The number of hydrogen-bond acceptors (Lipinski definition) is 8. The molecule has 35 heavy (non-hydrogen) atoms. The Labute approximate surface area is 205 Å². The molecule has 5 aliphatic rings. The number of Topliss-reactive ketones (excluding diaryl/α,β-unsaturated/α-hetero) is 1. The van der Waals surface area contributed by atoms with Crippen molar-refractivity contribution in [3.05, 3.63) is 23.8 Å². The second-order valence-corrected chi connectivity index (χ2v) is 11.5. The molecule has 4 aliphatic carbocycles. The van der Waals surface area contributed by atoms with Gasteiger partial charge in [0.25, 0.3) is 0 Å². The second-order valence-electron chi connectivity index (χ2n) is 11.5. The first kappa shape index (κ1) is 24.8. The number of allylic oxidation sites excluding steroid dienone is 3. The van der Waals surface area contributed by atoms with Gasteiger partial charge in [-0.25, -0.2) is 0 Å². The Kier molecular flexibility index (Phi) is 5.91. The SMILES string of the molecule is CCCC1OC2CC3C4CC(O)C5=CC(=O)C=CC5(C)C4C(O)CC3(C)C2(C(=O)COC(C)=O)O1. The maximum absolute atomic E-state index is 13.8. The maximum Gasteiger partial charge on any atom is 0.303 e. The number of aliphatic hydroxyl groups is 2. The zero-order valence-corrected chi connectivity index (χ0v) is 20.9. The molecule has 4 fully saturated rings. The number of ether oxygens (including phenoxy) is 3. The molecule has 0 amide bonds. The number of esters is 1. The molecule has 0 spiro atoms. The van der Waals surface area contributed by atoms with E-state index in [1.54, 1.807) is 0 Å². The van der Waals surface area contributed by atoms with Crippen molar-refractivity contribution in [1.29, 1.82) is 0 Å². The highest BCUT2D eigenvalue weighted by Crippen LogP contribution is 2.69. The van der Waals surface area contributed by atoms with Gasteiger partial charge in [-0.15, -0.1) is 0 Å². The number of carbonyl (C=O) groups excluding carboxylic acids is 3. The van der Waals surface area contributed by atoms with Gasteiger partial charge in [-0.05, 0) is 55.2 Å². The lowest BCUT2D eigenvalue weighted by atomic mass is 9.45. The minimum absolute atomic E-state index is 0.0659. The lowest BCUT2D eigenvalue weighted by Crippen LogP contribution is -2.64. The van der Waals surface area contributed by atoms with Crippen LogP contribution in [0.1, 0.15) is 59.8 Å². The first-order chi connectivity index (χ1) is 16.5. The molecule has 0 aromatic rings. The van der Waals surface area contributed by atoms with Crippen LogP contribution in [0.2, 0.25) is 0 Å². The first-order valence-electron chi connectivity index (χ1n) is 12.8. The number of fused-ring (bicyclic) bond motifs is 7. The molecule has 0 bridgehead atoms. The summed E-state index contributed by atoms with van der Waals surface area (Å²) in [5.41, 5.74) is -2.11. The van der Waals surface area contributed by atoms with E-state index in [4.69, 9.17) is 14.2 Å². The van der Waals surface area contributed by atoms with Crippen molar-refractivity contribution >= 4 is 17.5 Å². The Morgan fingerprint density at radius 3 is 2.66 bits per heavy atom. The Hall–Kier alpha value is -1.87. The average Bonchev–Trinajstić information content (AvgIpc) is 3.26. The van der Waals surface area contributed by atoms with Crippen molar-refractivity contribution in [3.8, 4) is 0 Å². The molecule has 192 valence electrons. The molecule has 5 rings (SSSR count). The van der Waals surface area contributed by atoms with Crippen LogP contribution in [0.4, 0.5) is 0 Å². The average molecular weight is 489 g/mol. The van der Waals surface area contributed by atoms with Gasteiger partial charge >= 0.3 is 5.97 Å². The highest BCUT2D eigenvalue weighted by molar-refractivity contribution is 6.01. The van der Waals surface area contributed by atoms with Crippen molar-refractivity contribution in [1.82, 2.24) is 0 Å². The number of rotatable bonds is 5. The standard InChI is InChI=1S/C27H36O8/c1-5-6-23-34-22-11-17-16-10-19(30)18-9-15(29)7-8-25(18,3)24(16)20(31)12-26(17,4)27(22,35-23)21(32)13-33-14(2)28/h7-9,16-17,19-20,22-24,30-31H,5-6,10-13H2,1-4H3. The molecule has 1 heterocycles. The highest BCUT2D eigenvalue weighted by atomic mass is 16.7.